The first-order valence-corrected chi connectivity index (χ1v) is 14.6. The Labute approximate surface area is 218 Å². The Morgan fingerprint density at radius 2 is 1.59 bits per heavy atom. The average Bonchev–Trinajstić information content (AvgIpc) is 2.88. The standard InChI is InChI=1S/C31H38N4O2/c36-30-25(11-6-16-32-30)29-31(37)35(27-13-4-3-12-26(27)33-29)24-18-22-9-5-10-23(19-24)34(22)28-17-20-7-1-2-8-21(28)15-14-20/h3-4,6,11-13,16,20-24,28H,1-2,5,7-10,14-15,17-19H2,(H,32,36). The summed E-state index contributed by atoms with van der Waals surface area (Å²) in [7, 11) is 0. The highest BCUT2D eigenvalue weighted by Gasteiger charge is 2.46. The lowest BCUT2D eigenvalue weighted by atomic mass is 9.69. The van der Waals surface area contributed by atoms with Crippen molar-refractivity contribution in [2.24, 2.45) is 11.8 Å². The van der Waals surface area contributed by atoms with Crippen molar-refractivity contribution in [3.8, 4) is 11.3 Å². The van der Waals surface area contributed by atoms with Gasteiger partial charge < -0.3 is 9.55 Å². The second-order valence-corrected chi connectivity index (χ2v) is 12.1. The number of hydrogen-bond donors (Lipinski definition) is 1. The van der Waals surface area contributed by atoms with Crippen LogP contribution in [0.25, 0.3) is 22.3 Å². The number of rotatable bonds is 3. The van der Waals surface area contributed by atoms with Crippen LogP contribution in [0.15, 0.2) is 52.2 Å². The minimum absolute atomic E-state index is 0.128. The van der Waals surface area contributed by atoms with E-state index in [9.17, 15) is 9.59 Å². The summed E-state index contributed by atoms with van der Waals surface area (Å²) in [6, 6.07) is 13.4. The Bertz CT molecular complexity index is 1390. The maximum absolute atomic E-state index is 14.1. The number of nitrogens with one attached hydrogen (secondary N) is 1. The lowest BCUT2D eigenvalue weighted by molar-refractivity contribution is -0.0603. The summed E-state index contributed by atoms with van der Waals surface area (Å²) in [5.41, 5.74) is 1.91. The molecule has 8 rings (SSSR count). The predicted octanol–water partition coefficient (Wildman–Crippen LogP) is 5.67. The maximum Gasteiger partial charge on any atom is 0.278 e. The molecule has 0 amide bonds. The van der Waals surface area contributed by atoms with Crippen molar-refractivity contribution in [1.82, 2.24) is 19.4 Å². The quantitative estimate of drug-likeness (QED) is 0.505. The molecule has 194 valence electrons. The molecule has 3 aromatic rings. The summed E-state index contributed by atoms with van der Waals surface area (Å²) in [5.74, 6) is 1.77. The molecule has 3 aliphatic carbocycles. The molecule has 1 aromatic carbocycles. The lowest BCUT2D eigenvalue weighted by Crippen LogP contribution is -2.60. The number of H-pyrrole nitrogens is 1. The summed E-state index contributed by atoms with van der Waals surface area (Å²) in [6.45, 7) is 0. The van der Waals surface area contributed by atoms with Crippen LogP contribution in [-0.2, 0) is 0 Å². The zero-order valence-electron chi connectivity index (χ0n) is 21.6. The number of pyridine rings is 1. The zero-order valence-corrected chi connectivity index (χ0v) is 21.6. The highest BCUT2D eigenvalue weighted by Crippen LogP contribution is 2.47. The van der Waals surface area contributed by atoms with Gasteiger partial charge in [0.2, 0.25) is 0 Å². The third-order valence-corrected chi connectivity index (χ3v) is 10.1. The monoisotopic (exact) mass is 498 g/mol. The first-order chi connectivity index (χ1) is 18.2. The summed E-state index contributed by atoms with van der Waals surface area (Å²) < 4.78 is 2.01. The first-order valence-electron chi connectivity index (χ1n) is 14.6. The van der Waals surface area contributed by atoms with Gasteiger partial charge in [0.15, 0.2) is 0 Å². The van der Waals surface area contributed by atoms with Crippen LogP contribution in [0.1, 0.15) is 83.1 Å². The van der Waals surface area contributed by atoms with E-state index in [4.69, 9.17) is 4.98 Å². The van der Waals surface area contributed by atoms with Gasteiger partial charge in [-0.3, -0.25) is 14.5 Å². The van der Waals surface area contributed by atoms with Crippen LogP contribution >= 0.6 is 0 Å². The minimum atomic E-state index is -0.264. The number of aromatic amines is 1. The fourth-order valence-electron chi connectivity index (χ4n) is 8.54. The Morgan fingerprint density at radius 1 is 0.784 bits per heavy atom. The van der Waals surface area contributed by atoms with Crippen molar-refractivity contribution < 1.29 is 0 Å². The van der Waals surface area contributed by atoms with Crippen molar-refractivity contribution in [3.63, 3.8) is 0 Å². The van der Waals surface area contributed by atoms with E-state index in [1.807, 2.05) is 28.8 Å². The van der Waals surface area contributed by atoms with Crippen LogP contribution < -0.4 is 11.1 Å². The Hall–Kier alpha value is -2.73. The molecule has 2 aliphatic heterocycles. The number of benzene rings is 1. The van der Waals surface area contributed by atoms with Gasteiger partial charge in [-0.15, -0.1) is 0 Å². The molecule has 4 heterocycles. The van der Waals surface area contributed by atoms with Crippen molar-refractivity contribution in [2.75, 3.05) is 0 Å². The van der Waals surface area contributed by atoms with E-state index in [0.29, 0.717) is 17.6 Å². The third kappa shape index (κ3) is 4.08. The lowest BCUT2D eigenvalue weighted by Gasteiger charge is -2.56. The molecule has 1 N–H and O–H groups in total. The summed E-state index contributed by atoms with van der Waals surface area (Å²) >= 11 is 0. The number of aromatic nitrogens is 3. The number of nitrogens with zero attached hydrogens (tertiary/aromatic N) is 3. The van der Waals surface area contributed by atoms with E-state index in [-0.39, 0.29) is 22.9 Å². The van der Waals surface area contributed by atoms with Gasteiger partial charge in [0.05, 0.1) is 16.6 Å². The number of fused-ring (bicyclic) bond motifs is 9. The molecule has 5 atom stereocenters. The second-order valence-electron chi connectivity index (χ2n) is 12.1. The maximum atomic E-state index is 14.1. The topological polar surface area (TPSA) is 71.0 Å². The second kappa shape index (κ2) is 9.54. The van der Waals surface area contributed by atoms with Crippen molar-refractivity contribution >= 4 is 11.0 Å². The van der Waals surface area contributed by atoms with Gasteiger partial charge in [0.25, 0.3) is 11.1 Å². The van der Waals surface area contributed by atoms with Gasteiger partial charge in [-0.05, 0) is 81.0 Å². The van der Waals surface area contributed by atoms with Gasteiger partial charge in [-0.1, -0.05) is 44.2 Å². The van der Waals surface area contributed by atoms with Crippen LogP contribution in [0.4, 0.5) is 0 Å². The molecule has 0 spiro atoms. The molecule has 5 aliphatic rings. The fraction of sp³-hybridized carbons (Fsp3) is 0.581. The summed E-state index contributed by atoms with van der Waals surface area (Å²) in [5, 5.41) is 0. The van der Waals surface area contributed by atoms with Gasteiger partial charge in [-0.25, -0.2) is 4.98 Å². The van der Waals surface area contributed by atoms with Crippen LogP contribution in [-0.4, -0.2) is 37.6 Å². The molecule has 2 aromatic heterocycles. The van der Waals surface area contributed by atoms with Crippen LogP contribution in [0.5, 0.6) is 0 Å². The summed E-state index contributed by atoms with van der Waals surface area (Å²) in [4.78, 5) is 37.1. The molecular weight excluding hydrogens is 460 g/mol. The molecule has 2 saturated heterocycles. The van der Waals surface area contributed by atoms with Crippen LogP contribution in [0.3, 0.4) is 0 Å². The molecule has 0 radical (unpaired) electrons. The Morgan fingerprint density at radius 3 is 2.43 bits per heavy atom. The van der Waals surface area contributed by atoms with E-state index in [2.05, 4.69) is 9.88 Å². The summed E-state index contributed by atoms with van der Waals surface area (Å²) in [6.07, 6.45) is 17.3. The Balaban J connectivity index is 1.28. The minimum Gasteiger partial charge on any atom is -0.329 e. The van der Waals surface area contributed by atoms with Gasteiger partial charge in [0.1, 0.15) is 5.69 Å². The molecule has 6 heteroatoms. The zero-order chi connectivity index (χ0) is 24.9. The SMILES string of the molecule is O=c1[nH]cccc1-c1nc2ccccc2n(C2CC3CCCC(C2)N3C2CC3CCCCC2CC3)c1=O. The highest BCUT2D eigenvalue weighted by molar-refractivity contribution is 5.77. The van der Waals surface area contributed by atoms with E-state index in [0.717, 1.165) is 41.8 Å². The van der Waals surface area contributed by atoms with Crippen LogP contribution in [0, 0.1) is 11.8 Å². The van der Waals surface area contributed by atoms with Crippen molar-refractivity contribution in [1.29, 1.82) is 0 Å². The molecule has 37 heavy (non-hydrogen) atoms. The largest absolute Gasteiger partial charge is 0.329 e. The van der Waals surface area contributed by atoms with Crippen molar-refractivity contribution in [2.45, 2.75) is 101 Å². The van der Waals surface area contributed by atoms with Gasteiger partial charge >= 0.3 is 0 Å². The molecule has 6 nitrogen and oxygen atoms in total. The molecule has 5 unspecified atom stereocenters. The molecule has 4 bridgehead atoms. The van der Waals surface area contributed by atoms with Gasteiger partial charge in [-0.2, -0.15) is 0 Å². The van der Waals surface area contributed by atoms with E-state index in [1.165, 1.54) is 64.2 Å². The number of piperidine rings is 2. The Kier molecular flexibility index (Phi) is 6.03. The van der Waals surface area contributed by atoms with Crippen molar-refractivity contribution in [3.05, 3.63) is 63.3 Å². The molecule has 5 fully saturated rings. The number of para-hydroxylation sites is 2. The smallest absolute Gasteiger partial charge is 0.278 e. The average molecular weight is 499 g/mol. The van der Waals surface area contributed by atoms with E-state index in [1.54, 1.807) is 18.3 Å². The highest BCUT2D eigenvalue weighted by atomic mass is 16.1. The predicted molar refractivity (Wildman–Crippen MR) is 147 cm³/mol. The van der Waals surface area contributed by atoms with E-state index >= 15 is 0 Å². The molecule has 3 saturated carbocycles. The van der Waals surface area contributed by atoms with Crippen LogP contribution in [0.2, 0.25) is 0 Å². The normalized spacial score (nSPS) is 32.2. The number of hydrogen-bond acceptors (Lipinski definition) is 4. The third-order valence-electron chi connectivity index (χ3n) is 10.1. The fourth-order valence-corrected chi connectivity index (χ4v) is 8.54. The first kappa shape index (κ1) is 23.4. The van der Waals surface area contributed by atoms with E-state index < -0.39 is 0 Å². The molecular formula is C31H38N4O2. The van der Waals surface area contributed by atoms with Gasteiger partial charge in [0, 0.05) is 30.4 Å².